The van der Waals surface area contributed by atoms with Crippen LogP contribution >= 0.6 is 11.9 Å². The third-order valence-corrected chi connectivity index (χ3v) is 4.22. The lowest BCUT2D eigenvalue weighted by Crippen LogP contribution is -2.35. The van der Waals surface area contributed by atoms with Crippen molar-refractivity contribution in [3.05, 3.63) is 65.2 Å². The number of hydrogen-bond acceptors (Lipinski definition) is 4. The summed E-state index contributed by atoms with van der Waals surface area (Å²) in [5.41, 5.74) is 8.77. The molecule has 0 bridgehead atoms. The Balaban J connectivity index is 2.44. The Morgan fingerprint density at radius 2 is 1.76 bits per heavy atom. The molecule has 0 aromatic heterocycles. The van der Waals surface area contributed by atoms with Gasteiger partial charge in [-0.2, -0.15) is 13.2 Å². The van der Waals surface area contributed by atoms with E-state index in [9.17, 15) is 13.2 Å². The first-order valence-electron chi connectivity index (χ1n) is 7.56. The standard InChI is InChI=1S/C18H20F3N3S/c1-11-3-4-12(2)15(9-11)16(10-17(22)18(19,20)21)24-13-5-7-14(25-23)8-6-13/h3-10,17,24H,22-23H2,1-2H3/b16-10-. The van der Waals surface area contributed by atoms with E-state index in [2.05, 4.69) is 5.32 Å². The zero-order valence-electron chi connectivity index (χ0n) is 13.9. The molecule has 0 saturated carbocycles. The molecule has 134 valence electrons. The number of aryl methyl sites for hydroxylation is 2. The number of alkyl halides is 3. The van der Waals surface area contributed by atoms with E-state index in [1.807, 2.05) is 32.0 Å². The van der Waals surface area contributed by atoms with E-state index in [1.54, 1.807) is 24.3 Å². The molecule has 1 unspecified atom stereocenters. The predicted molar refractivity (Wildman–Crippen MR) is 98.0 cm³/mol. The first-order chi connectivity index (χ1) is 11.7. The molecule has 25 heavy (non-hydrogen) atoms. The third-order valence-electron chi connectivity index (χ3n) is 3.68. The number of benzene rings is 2. The molecule has 1 atom stereocenters. The highest BCUT2D eigenvalue weighted by Crippen LogP contribution is 2.27. The average Bonchev–Trinajstić information content (AvgIpc) is 2.56. The zero-order valence-corrected chi connectivity index (χ0v) is 14.7. The smallest absolute Gasteiger partial charge is 0.355 e. The second-order valence-electron chi connectivity index (χ2n) is 5.73. The maximum atomic E-state index is 12.9. The van der Waals surface area contributed by atoms with Crippen molar-refractivity contribution in [2.45, 2.75) is 31.0 Å². The normalized spacial score (nSPS) is 13.6. The molecule has 3 nitrogen and oxygen atoms in total. The quantitative estimate of drug-likeness (QED) is 0.675. The molecule has 0 aliphatic rings. The van der Waals surface area contributed by atoms with Crippen molar-refractivity contribution in [3.8, 4) is 0 Å². The molecule has 2 aromatic rings. The second-order valence-corrected chi connectivity index (χ2v) is 6.44. The fraction of sp³-hybridized carbons (Fsp3) is 0.222. The summed E-state index contributed by atoms with van der Waals surface area (Å²) in [5.74, 6) is 0. The SMILES string of the molecule is Cc1ccc(C)c(/C(=C/C(N)C(F)(F)F)Nc2ccc(SN)cc2)c1. The van der Waals surface area contributed by atoms with Gasteiger partial charge in [0.05, 0.1) is 0 Å². The van der Waals surface area contributed by atoms with Crippen LogP contribution in [0.1, 0.15) is 16.7 Å². The molecule has 0 saturated heterocycles. The highest BCUT2D eigenvalue weighted by Gasteiger charge is 2.35. The number of anilines is 1. The summed E-state index contributed by atoms with van der Waals surface area (Å²) in [5, 5.41) is 8.53. The van der Waals surface area contributed by atoms with E-state index < -0.39 is 12.2 Å². The Bertz CT molecular complexity index is 755. The predicted octanol–water partition coefficient (Wildman–Crippen LogP) is 4.61. The summed E-state index contributed by atoms with van der Waals surface area (Å²) in [7, 11) is 0. The van der Waals surface area contributed by atoms with Gasteiger partial charge < -0.3 is 11.1 Å². The van der Waals surface area contributed by atoms with Crippen LogP contribution in [0.2, 0.25) is 0 Å². The summed E-state index contributed by atoms with van der Waals surface area (Å²) in [6, 6.07) is 10.6. The van der Waals surface area contributed by atoms with Gasteiger partial charge in [0.1, 0.15) is 6.04 Å². The monoisotopic (exact) mass is 367 g/mol. The minimum absolute atomic E-state index is 0.319. The van der Waals surface area contributed by atoms with Gasteiger partial charge in [-0.15, -0.1) is 0 Å². The molecular weight excluding hydrogens is 347 g/mol. The van der Waals surface area contributed by atoms with E-state index in [1.165, 1.54) is 0 Å². The van der Waals surface area contributed by atoms with Gasteiger partial charge in [0.25, 0.3) is 0 Å². The van der Waals surface area contributed by atoms with Crippen LogP contribution in [0.4, 0.5) is 18.9 Å². The van der Waals surface area contributed by atoms with Gasteiger partial charge in [-0.05, 0) is 67.8 Å². The van der Waals surface area contributed by atoms with Crippen molar-refractivity contribution in [1.82, 2.24) is 0 Å². The van der Waals surface area contributed by atoms with Crippen LogP contribution in [-0.4, -0.2) is 12.2 Å². The largest absolute Gasteiger partial charge is 0.407 e. The van der Waals surface area contributed by atoms with Gasteiger partial charge in [0.15, 0.2) is 0 Å². The Morgan fingerprint density at radius 1 is 1.12 bits per heavy atom. The van der Waals surface area contributed by atoms with Gasteiger partial charge in [-0.3, -0.25) is 5.14 Å². The van der Waals surface area contributed by atoms with Gasteiger partial charge in [-0.1, -0.05) is 17.7 Å². The topological polar surface area (TPSA) is 64.1 Å². The lowest BCUT2D eigenvalue weighted by Gasteiger charge is -2.18. The number of nitrogens with two attached hydrogens (primary N) is 2. The van der Waals surface area contributed by atoms with Gasteiger partial charge in [0.2, 0.25) is 0 Å². The van der Waals surface area contributed by atoms with E-state index in [4.69, 9.17) is 10.9 Å². The zero-order chi connectivity index (χ0) is 18.6. The van der Waals surface area contributed by atoms with Crippen molar-refractivity contribution in [2.24, 2.45) is 10.9 Å². The highest BCUT2D eigenvalue weighted by molar-refractivity contribution is 7.97. The van der Waals surface area contributed by atoms with E-state index >= 15 is 0 Å². The molecule has 2 rings (SSSR count). The van der Waals surface area contributed by atoms with Crippen molar-refractivity contribution >= 4 is 23.3 Å². The van der Waals surface area contributed by atoms with Crippen molar-refractivity contribution in [2.75, 3.05) is 5.32 Å². The molecule has 0 spiro atoms. The van der Waals surface area contributed by atoms with Crippen molar-refractivity contribution in [1.29, 1.82) is 0 Å². The van der Waals surface area contributed by atoms with Gasteiger partial charge >= 0.3 is 6.18 Å². The summed E-state index contributed by atoms with van der Waals surface area (Å²) in [6.45, 7) is 3.73. The Hall–Kier alpha value is -1.96. The maximum Gasteiger partial charge on any atom is 0.407 e. The minimum Gasteiger partial charge on any atom is -0.355 e. The maximum absolute atomic E-state index is 12.9. The van der Waals surface area contributed by atoms with Crippen LogP contribution in [0.5, 0.6) is 0 Å². The van der Waals surface area contributed by atoms with Crippen LogP contribution in [0, 0.1) is 13.8 Å². The summed E-state index contributed by atoms with van der Waals surface area (Å²) < 4.78 is 38.8. The van der Waals surface area contributed by atoms with Gasteiger partial charge in [0, 0.05) is 21.8 Å². The number of nitrogens with one attached hydrogen (secondary N) is 1. The van der Waals surface area contributed by atoms with E-state index in [0.29, 0.717) is 16.9 Å². The molecule has 0 heterocycles. The summed E-state index contributed by atoms with van der Waals surface area (Å²) in [4.78, 5) is 0.856. The molecule has 0 fully saturated rings. The Labute approximate surface area is 149 Å². The fourth-order valence-electron chi connectivity index (χ4n) is 2.27. The number of halogens is 3. The Morgan fingerprint density at radius 3 is 2.32 bits per heavy atom. The summed E-state index contributed by atoms with van der Waals surface area (Å²) >= 11 is 1.10. The minimum atomic E-state index is -4.51. The van der Waals surface area contributed by atoms with Crippen LogP contribution < -0.4 is 16.2 Å². The second kappa shape index (κ2) is 7.95. The van der Waals surface area contributed by atoms with Crippen LogP contribution in [0.3, 0.4) is 0 Å². The van der Waals surface area contributed by atoms with Crippen molar-refractivity contribution < 1.29 is 13.2 Å². The first-order valence-corrected chi connectivity index (χ1v) is 8.44. The van der Waals surface area contributed by atoms with Crippen LogP contribution in [-0.2, 0) is 0 Å². The number of rotatable bonds is 5. The molecule has 0 radical (unpaired) electrons. The first kappa shape index (κ1) is 19.4. The molecule has 2 aromatic carbocycles. The number of hydrogen-bond donors (Lipinski definition) is 3. The lowest BCUT2D eigenvalue weighted by atomic mass is 10.0. The molecular formula is C18H20F3N3S. The third kappa shape index (κ3) is 5.26. The molecule has 0 aliphatic heterocycles. The summed E-state index contributed by atoms with van der Waals surface area (Å²) in [6.07, 6.45) is -3.50. The van der Waals surface area contributed by atoms with E-state index in [0.717, 1.165) is 34.0 Å². The molecule has 7 heteroatoms. The molecule has 5 N–H and O–H groups in total. The van der Waals surface area contributed by atoms with Crippen LogP contribution in [0.25, 0.3) is 5.70 Å². The van der Waals surface area contributed by atoms with Crippen LogP contribution in [0.15, 0.2) is 53.4 Å². The molecule has 0 aliphatic carbocycles. The van der Waals surface area contributed by atoms with Gasteiger partial charge in [-0.25, -0.2) is 0 Å². The van der Waals surface area contributed by atoms with E-state index in [-0.39, 0.29) is 0 Å². The average molecular weight is 367 g/mol. The van der Waals surface area contributed by atoms with Crippen molar-refractivity contribution in [3.63, 3.8) is 0 Å². The highest BCUT2D eigenvalue weighted by atomic mass is 32.2. The molecule has 0 amide bonds. The lowest BCUT2D eigenvalue weighted by molar-refractivity contribution is -0.136. The Kier molecular flexibility index (Phi) is 6.16. The fourth-order valence-corrected chi connectivity index (χ4v) is 2.56.